The van der Waals surface area contributed by atoms with Crippen LogP contribution in [0.3, 0.4) is 0 Å². The van der Waals surface area contributed by atoms with Crippen LogP contribution in [0.2, 0.25) is 0 Å². The first-order valence-electron chi connectivity index (χ1n) is 9.13. The first-order valence-corrected chi connectivity index (χ1v) is 9.13. The second-order valence-electron chi connectivity index (χ2n) is 7.50. The number of piperidine rings is 1. The Bertz CT molecular complexity index is 679. The number of hydrogen-bond donors (Lipinski definition) is 1. The van der Waals surface area contributed by atoms with Crippen LogP contribution in [-0.4, -0.2) is 60.9 Å². The molecule has 2 aliphatic heterocycles. The molecule has 1 aromatic carbocycles. The molecule has 134 valence electrons. The Hall–Kier alpha value is -1.95. The number of nitrogens with one attached hydrogen (secondary N) is 1. The first kappa shape index (κ1) is 16.5. The molecule has 0 aromatic heterocycles. The number of piperazine rings is 1. The molecule has 1 spiro atoms. The molecular weight excluding hydrogens is 321 g/mol. The van der Waals surface area contributed by atoms with Crippen molar-refractivity contribution >= 4 is 11.8 Å². The van der Waals surface area contributed by atoms with Crippen molar-refractivity contribution in [1.82, 2.24) is 15.1 Å². The zero-order valence-electron chi connectivity index (χ0n) is 14.3. The van der Waals surface area contributed by atoms with Gasteiger partial charge < -0.3 is 15.1 Å². The average Bonchev–Trinajstić information content (AvgIpc) is 3.34. The summed E-state index contributed by atoms with van der Waals surface area (Å²) in [6.45, 7) is 4.21. The van der Waals surface area contributed by atoms with E-state index in [1.165, 1.54) is 12.1 Å². The fraction of sp³-hybridized carbons (Fsp3) is 0.579. The highest BCUT2D eigenvalue weighted by Gasteiger charge is 2.58. The zero-order valence-corrected chi connectivity index (χ0v) is 14.3. The predicted molar refractivity (Wildman–Crippen MR) is 91.5 cm³/mol. The van der Waals surface area contributed by atoms with Gasteiger partial charge in [0.1, 0.15) is 5.82 Å². The smallest absolute Gasteiger partial charge is 0.254 e. The molecule has 5 nitrogen and oxygen atoms in total. The third-order valence-corrected chi connectivity index (χ3v) is 6.04. The lowest BCUT2D eigenvalue weighted by Gasteiger charge is -2.35. The largest absolute Gasteiger partial charge is 0.339 e. The number of carbonyl (C=O) groups is 2. The predicted octanol–water partition coefficient (Wildman–Crippen LogP) is 1.50. The zero-order chi connectivity index (χ0) is 17.4. The fourth-order valence-corrected chi connectivity index (χ4v) is 4.33. The Labute approximate surface area is 147 Å². The molecular formula is C19H24FN3O2. The molecule has 0 radical (unpaired) electrons. The lowest BCUT2D eigenvalue weighted by atomic mass is 9.91. The number of amides is 2. The SMILES string of the molecule is O=C(c1cccc(F)c1)N1CCN(C(=O)C2CC23CCNCC3)CC1. The summed E-state index contributed by atoms with van der Waals surface area (Å²) < 4.78 is 13.3. The van der Waals surface area contributed by atoms with Gasteiger partial charge in [-0.25, -0.2) is 4.39 Å². The maximum atomic E-state index is 13.3. The highest BCUT2D eigenvalue weighted by atomic mass is 19.1. The van der Waals surface area contributed by atoms with E-state index in [1.54, 1.807) is 17.0 Å². The fourth-order valence-electron chi connectivity index (χ4n) is 4.33. The summed E-state index contributed by atoms with van der Waals surface area (Å²) in [6, 6.07) is 5.78. The van der Waals surface area contributed by atoms with E-state index in [1.807, 2.05) is 4.90 Å². The third-order valence-electron chi connectivity index (χ3n) is 6.04. The molecule has 25 heavy (non-hydrogen) atoms. The Kier molecular flexibility index (Phi) is 4.23. The molecule has 1 saturated carbocycles. The van der Waals surface area contributed by atoms with Crippen molar-refractivity contribution in [3.05, 3.63) is 35.6 Å². The van der Waals surface area contributed by atoms with E-state index in [2.05, 4.69) is 5.32 Å². The molecule has 2 amide bonds. The van der Waals surface area contributed by atoms with E-state index in [9.17, 15) is 14.0 Å². The molecule has 1 unspecified atom stereocenters. The Morgan fingerprint density at radius 2 is 1.76 bits per heavy atom. The Morgan fingerprint density at radius 3 is 2.44 bits per heavy atom. The van der Waals surface area contributed by atoms with Gasteiger partial charge >= 0.3 is 0 Å². The van der Waals surface area contributed by atoms with Crippen molar-refractivity contribution < 1.29 is 14.0 Å². The van der Waals surface area contributed by atoms with Crippen molar-refractivity contribution in [1.29, 1.82) is 0 Å². The van der Waals surface area contributed by atoms with Crippen molar-refractivity contribution in [3.8, 4) is 0 Å². The summed E-state index contributed by atoms with van der Waals surface area (Å²) in [5.74, 6) is -0.117. The Balaban J connectivity index is 1.32. The topological polar surface area (TPSA) is 52.7 Å². The number of halogens is 1. The number of rotatable bonds is 2. The van der Waals surface area contributed by atoms with Crippen LogP contribution in [0.4, 0.5) is 4.39 Å². The summed E-state index contributed by atoms with van der Waals surface area (Å²) in [5.41, 5.74) is 0.618. The van der Waals surface area contributed by atoms with Crippen molar-refractivity contribution in [2.24, 2.45) is 11.3 Å². The minimum Gasteiger partial charge on any atom is -0.339 e. The summed E-state index contributed by atoms with van der Waals surface area (Å²) in [4.78, 5) is 28.9. The monoisotopic (exact) mass is 345 g/mol. The van der Waals surface area contributed by atoms with Gasteiger partial charge in [0, 0.05) is 37.7 Å². The maximum Gasteiger partial charge on any atom is 0.254 e. The van der Waals surface area contributed by atoms with Gasteiger partial charge in [-0.3, -0.25) is 9.59 Å². The molecule has 1 aromatic rings. The lowest BCUT2D eigenvalue weighted by molar-refractivity contribution is -0.135. The summed E-state index contributed by atoms with van der Waals surface area (Å²) in [7, 11) is 0. The summed E-state index contributed by atoms with van der Waals surface area (Å²) in [6.07, 6.45) is 3.22. The van der Waals surface area contributed by atoms with E-state index < -0.39 is 5.82 Å². The molecule has 3 aliphatic rings. The number of hydrogen-bond acceptors (Lipinski definition) is 3. The van der Waals surface area contributed by atoms with Gasteiger partial charge in [-0.05, 0) is 56.0 Å². The highest BCUT2D eigenvalue weighted by Crippen LogP contribution is 2.59. The van der Waals surface area contributed by atoms with Crippen LogP contribution in [0, 0.1) is 17.2 Å². The van der Waals surface area contributed by atoms with Gasteiger partial charge in [-0.1, -0.05) is 6.07 Å². The van der Waals surface area contributed by atoms with Gasteiger partial charge in [0.2, 0.25) is 5.91 Å². The standard InChI is InChI=1S/C19H24FN3O2/c20-15-3-1-2-14(12-15)17(24)22-8-10-23(11-9-22)18(25)16-13-19(16)4-6-21-7-5-19/h1-3,12,16,21H,4-11,13H2. The third kappa shape index (κ3) is 3.15. The molecule has 6 heteroatoms. The minimum atomic E-state index is -0.402. The second kappa shape index (κ2) is 6.41. The second-order valence-corrected chi connectivity index (χ2v) is 7.50. The van der Waals surface area contributed by atoms with Gasteiger partial charge in [-0.15, -0.1) is 0 Å². The minimum absolute atomic E-state index is 0.159. The van der Waals surface area contributed by atoms with E-state index in [-0.39, 0.29) is 23.1 Å². The van der Waals surface area contributed by atoms with Crippen LogP contribution in [0.15, 0.2) is 24.3 Å². The molecule has 2 saturated heterocycles. The maximum absolute atomic E-state index is 13.3. The quantitative estimate of drug-likeness (QED) is 0.884. The van der Waals surface area contributed by atoms with E-state index in [4.69, 9.17) is 0 Å². The van der Waals surface area contributed by atoms with E-state index in [0.717, 1.165) is 32.4 Å². The molecule has 0 bridgehead atoms. The molecule has 2 heterocycles. The molecule has 1 aliphatic carbocycles. The number of carbonyl (C=O) groups excluding carboxylic acids is 2. The lowest BCUT2D eigenvalue weighted by Crippen LogP contribution is -2.51. The van der Waals surface area contributed by atoms with Crippen LogP contribution in [0.1, 0.15) is 29.6 Å². The van der Waals surface area contributed by atoms with Gasteiger partial charge in [0.15, 0.2) is 0 Å². The van der Waals surface area contributed by atoms with Crippen molar-refractivity contribution in [2.75, 3.05) is 39.3 Å². The van der Waals surface area contributed by atoms with Crippen LogP contribution in [0.25, 0.3) is 0 Å². The van der Waals surface area contributed by atoms with Gasteiger partial charge in [0.05, 0.1) is 0 Å². The Morgan fingerprint density at radius 1 is 1.08 bits per heavy atom. The summed E-state index contributed by atoms with van der Waals surface area (Å²) in [5, 5.41) is 3.36. The average molecular weight is 345 g/mol. The van der Waals surface area contributed by atoms with Crippen molar-refractivity contribution in [3.63, 3.8) is 0 Å². The van der Waals surface area contributed by atoms with Crippen molar-refractivity contribution in [2.45, 2.75) is 19.3 Å². The van der Waals surface area contributed by atoms with Crippen LogP contribution >= 0.6 is 0 Å². The van der Waals surface area contributed by atoms with Crippen LogP contribution < -0.4 is 5.32 Å². The van der Waals surface area contributed by atoms with E-state index in [0.29, 0.717) is 31.7 Å². The normalized spacial score (nSPS) is 25.1. The van der Waals surface area contributed by atoms with Gasteiger partial charge in [0.25, 0.3) is 5.91 Å². The number of benzene rings is 1. The van der Waals surface area contributed by atoms with Crippen LogP contribution in [0.5, 0.6) is 0 Å². The molecule has 3 fully saturated rings. The number of nitrogens with zero attached hydrogens (tertiary/aromatic N) is 2. The van der Waals surface area contributed by atoms with Gasteiger partial charge in [-0.2, -0.15) is 0 Å². The first-order chi connectivity index (χ1) is 12.1. The molecule has 4 rings (SSSR count). The summed E-state index contributed by atoms with van der Waals surface area (Å²) >= 11 is 0. The van der Waals surface area contributed by atoms with Crippen LogP contribution in [-0.2, 0) is 4.79 Å². The molecule has 1 atom stereocenters. The molecule has 1 N–H and O–H groups in total. The van der Waals surface area contributed by atoms with E-state index >= 15 is 0 Å². The highest BCUT2D eigenvalue weighted by molar-refractivity contribution is 5.94.